The summed E-state index contributed by atoms with van der Waals surface area (Å²) in [5, 5.41) is 0. The van der Waals surface area contributed by atoms with E-state index in [4.69, 9.17) is 0 Å². The van der Waals surface area contributed by atoms with Gasteiger partial charge in [0.25, 0.3) is 0 Å². The molecule has 0 N–H and O–H groups in total. The van der Waals surface area contributed by atoms with Crippen molar-refractivity contribution in [1.29, 1.82) is 0 Å². The van der Waals surface area contributed by atoms with Crippen molar-refractivity contribution in [1.82, 2.24) is 4.90 Å². The van der Waals surface area contributed by atoms with Crippen LogP contribution in [0.5, 0.6) is 0 Å². The fourth-order valence-corrected chi connectivity index (χ4v) is 3.07. The maximum Gasteiger partial charge on any atom is 0.305 e. The number of carbonyl (C=O) groups excluding carboxylic acids is 3. The largest absolute Gasteiger partial charge is 0.469 e. The van der Waals surface area contributed by atoms with Crippen LogP contribution in [0.4, 0.5) is 0 Å². The average molecular weight is 376 g/mol. The van der Waals surface area contributed by atoms with Crippen molar-refractivity contribution in [3.05, 3.63) is 12.2 Å². The van der Waals surface area contributed by atoms with Gasteiger partial charge in [0, 0.05) is 38.1 Å². The standard InChI is InChI=1S/C22H33NO4/c1-4-5-8-11-18(2)20(24)15-13-19-14-16-21(25)23(19)17-10-7-6-9-12-22(26)27-3/h13,15,18-19H,4,6-7,9-12,14,16-17H2,1-3H3/b15-13+/t18?,19-/m0/s1. The van der Waals surface area contributed by atoms with Crippen LogP contribution >= 0.6 is 0 Å². The molecule has 2 atom stereocenters. The second-order valence-electron chi connectivity index (χ2n) is 7.01. The molecule has 1 unspecified atom stereocenters. The van der Waals surface area contributed by atoms with E-state index >= 15 is 0 Å². The van der Waals surface area contributed by atoms with Crippen LogP contribution in [-0.4, -0.2) is 42.3 Å². The van der Waals surface area contributed by atoms with Gasteiger partial charge in [-0.05, 0) is 25.3 Å². The molecule has 5 heteroatoms. The van der Waals surface area contributed by atoms with E-state index in [9.17, 15) is 14.4 Å². The van der Waals surface area contributed by atoms with E-state index in [1.165, 1.54) is 7.11 Å². The Labute approximate surface area is 163 Å². The summed E-state index contributed by atoms with van der Waals surface area (Å²) in [7, 11) is 1.40. The highest BCUT2D eigenvalue weighted by atomic mass is 16.5. The Morgan fingerprint density at radius 2 is 2.00 bits per heavy atom. The Hall–Kier alpha value is -2.09. The number of nitrogens with zero attached hydrogens (tertiary/aromatic N) is 1. The highest BCUT2D eigenvalue weighted by molar-refractivity contribution is 5.92. The first-order chi connectivity index (χ1) is 13.0. The second kappa shape index (κ2) is 13.1. The van der Waals surface area contributed by atoms with Crippen LogP contribution < -0.4 is 0 Å². The molecule has 27 heavy (non-hydrogen) atoms. The van der Waals surface area contributed by atoms with Crippen LogP contribution in [0, 0.1) is 17.8 Å². The van der Waals surface area contributed by atoms with Crippen molar-refractivity contribution < 1.29 is 19.1 Å². The molecule has 5 nitrogen and oxygen atoms in total. The van der Waals surface area contributed by atoms with Crippen LogP contribution in [0.15, 0.2) is 12.2 Å². The number of allylic oxidation sites excluding steroid dienone is 1. The average Bonchev–Trinajstić information content (AvgIpc) is 3.02. The summed E-state index contributed by atoms with van der Waals surface area (Å²) in [6.07, 6.45) is 10.3. The fraction of sp³-hybridized carbons (Fsp3) is 0.682. The number of esters is 1. The number of carbonyl (C=O) groups is 3. The van der Waals surface area contributed by atoms with Gasteiger partial charge in [0.2, 0.25) is 5.91 Å². The minimum Gasteiger partial charge on any atom is -0.469 e. The molecule has 0 aromatic carbocycles. The van der Waals surface area contributed by atoms with E-state index in [0.717, 1.165) is 38.5 Å². The first kappa shape index (κ1) is 23.0. The van der Waals surface area contributed by atoms with Gasteiger partial charge in [-0.15, -0.1) is 11.8 Å². The molecule has 1 aliphatic heterocycles. The second-order valence-corrected chi connectivity index (χ2v) is 7.01. The predicted octanol–water partition coefficient (Wildman–Crippen LogP) is 3.67. The molecule has 1 rings (SSSR count). The number of rotatable bonds is 11. The number of amides is 1. The summed E-state index contributed by atoms with van der Waals surface area (Å²) < 4.78 is 4.62. The van der Waals surface area contributed by atoms with Gasteiger partial charge < -0.3 is 9.64 Å². The van der Waals surface area contributed by atoms with Gasteiger partial charge in [0.1, 0.15) is 0 Å². The smallest absolute Gasteiger partial charge is 0.305 e. The summed E-state index contributed by atoms with van der Waals surface area (Å²) in [5.41, 5.74) is 0. The first-order valence-corrected chi connectivity index (χ1v) is 10.0. The summed E-state index contributed by atoms with van der Waals surface area (Å²) in [4.78, 5) is 37.3. The van der Waals surface area contributed by atoms with Crippen LogP contribution in [0.1, 0.15) is 71.6 Å². The first-order valence-electron chi connectivity index (χ1n) is 10.0. The fourth-order valence-electron chi connectivity index (χ4n) is 3.07. The van der Waals surface area contributed by atoms with Gasteiger partial charge in [-0.1, -0.05) is 32.8 Å². The van der Waals surface area contributed by atoms with E-state index in [1.807, 2.05) is 24.8 Å². The summed E-state index contributed by atoms with van der Waals surface area (Å²) >= 11 is 0. The van der Waals surface area contributed by atoms with Gasteiger partial charge in [-0.25, -0.2) is 0 Å². The van der Waals surface area contributed by atoms with Crippen molar-refractivity contribution >= 4 is 17.7 Å². The van der Waals surface area contributed by atoms with Gasteiger partial charge >= 0.3 is 5.97 Å². The minimum absolute atomic E-state index is 0.0189. The zero-order valence-electron chi connectivity index (χ0n) is 17.0. The minimum atomic E-state index is -0.172. The van der Waals surface area contributed by atoms with E-state index in [0.29, 0.717) is 25.8 Å². The molecule has 0 aromatic heterocycles. The van der Waals surface area contributed by atoms with Crippen molar-refractivity contribution in [2.45, 2.75) is 77.7 Å². The lowest BCUT2D eigenvalue weighted by atomic mass is 10.0. The van der Waals surface area contributed by atoms with Gasteiger partial charge in [-0.3, -0.25) is 14.4 Å². The van der Waals surface area contributed by atoms with Gasteiger partial charge in [0.05, 0.1) is 13.2 Å². The van der Waals surface area contributed by atoms with Crippen LogP contribution in [0.25, 0.3) is 0 Å². The highest BCUT2D eigenvalue weighted by Crippen LogP contribution is 2.21. The number of likely N-dealkylation sites (tertiary alicyclic amines) is 1. The number of unbranched alkanes of at least 4 members (excludes halogenated alkanes) is 3. The molecule has 0 saturated carbocycles. The number of ketones is 1. The quantitative estimate of drug-likeness (QED) is 0.239. The van der Waals surface area contributed by atoms with Gasteiger partial charge in [0.15, 0.2) is 5.78 Å². The van der Waals surface area contributed by atoms with Crippen molar-refractivity contribution in [3.63, 3.8) is 0 Å². The molecule has 0 spiro atoms. The Balaban J connectivity index is 2.38. The van der Waals surface area contributed by atoms with Gasteiger partial charge in [-0.2, -0.15) is 0 Å². The van der Waals surface area contributed by atoms with E-state index in [2.05, 4.69) is 16.6 Å². The Morgan fingerprint density at radius 1 is 1.26 bits per heavy atom. The number of hydrogen-bond donors (Lipinski definition) is 0. The van der Waals surface area contributed by atoms with E-state index in [1.54, 1.807) is 6.08 Å². The van der Waals surface area contributed by atoms with E-state index in [-0.39, 0.29) is 29.6 Å². The Bertz CT molecular complexity index is 585. The maximum atomic E-state index is 12.2. The maximum absolute atomic E-state index is 12.2. The lowest BCUT2D eigenvalue weighted by molar-refractivity contribution is -0.140. The van der Waals surface area contributed by atoms with Crippen molar-refractivity contribution in [2.24, 2.45) is 5.92 Å². The van der Waals surface area contributed by atoms with Crippen LogP contribution in [-0.2, 0) is 19.1 Å². The molecule has 150 valence electrons. The van der Waals surface area contributed by atoms with Crippen LogP contribution in [0.2, 0.25) is 0 Å². The summed E-state index contributed by atoms with van der Waals surface area (Å²) in [5.74, 6) is 5.95. The Morgan fingerprint density at radius 3 is 2.70 bits per heavy atom. The SMILES string of the molecule is CCC#CCC(C)C(=O)/C=C/[C@H]1CCC(=O)N1CCCCCCC(=O)OC. The van der Waals surface area contributed by atoms with E-state index < -0.39 is 0 Å². The molecule has 1 heterocycles. The van der Waals surface area contributed by atoms with Crippen molar-refractivity contribution in [3.8, 4) is 11.8 Å². The van der Waals surface area contributed by atoms with Crippen LogP contribution in [0.3, 0.4) is 0 Å². The Kier molecular flexibility index (Phi) is 11.2. The number of hydrogen-bond acceptors (Lipinski definition) is 4. The molecule has 1 fully saturated rings. The highest BCUT2D eigenvalue weighted by Gasteiger charge is 2.28. The summed E-state index contributed by atoms with van der Waals surface area (Å²) in [6, 6.07) is 0.0189. The third kappa shape index (κ3) is 8.90. The lowest BCUT2D eigenvalue weighted by Gasteiger charge is -2.22. The third-order valence-corrected chi connectivity index (χ3v) is 4.81. The van der Waals surface area contributed by atoms with Crippen molar-refractivity contribution in [2.75, 3.05) is 13.7 Å². The zero-order chi connectivity index (χ0) is 20.1. The molecule has 0 bridgehead atoms. The molecular formula is C22H33NO4. The zero-order valence-corrected chi connectivity index (χ0v) is 17.0. The summed E-state index contributed by atoms with van der Waals surface area (Å²) in [6.45, 7) is 4.59. The lowest BCUT2D eigenvalue weighted by Crippen LogP contribution is -2.32. The third-order valence-electron chi connectivity index (χ3n) is 4.81. The molecule has 1 amide bonds. The molecule has 0 radical (unpaired) electrons. The topological polar surface area (TPSA) is 63.7 Å². The molecular weight excluding hydrogens is 342 g/mol. The normalized spacial score (nSPS) is 17.7. The monoisotopic (exact) mass is 375 g/mol. The molecule has 1 saturated heterocycles. The molecule has 0 aliphatic carbocycles. The number of methoxy groups -OCH3 is 1. The molecule has 1 aliphatic rings. The number of ether oxygens (including phenoxy) is 1. The predicted molar refractivity (Wildman–Crippen MR) is 106 cm³/mol. The molecule has 0 aromatic rings.